The topological polar surface area (TPSA) is 39.2 Å². The van der Waals surface area contributed by atoms with Crippen LogP contribution in [0.2, 0.25) is 0 Å². The van der Waals surface area contributed by atoms with Crippen molar-refractivity contribution < 1.29 is 4.42 Å². The van der Waals surface area contributed by atoms with Crippen LogP contribution in [0, 0.1) is 17.8 Å². The summed E-state index contributed by atoms with van der Waals surface area (Å²) in [5.74, 6) is 4.96. The fraction of sp³-hybridized carbons (Fsp3) is 0.765. The number of hydrogen-bond acceptors (Lipinski definition) is 2. The molecule has 2 nitrogen and oxygen atoms in total. The van der Waals surface area contributed by atoms with Crippen LogP contribution >= 0.6 is 0 Å². The van der Waals surface area contributed by atoms with E-state index in [-0.39, 0.29) is 0 Å². The molecule has 1 heterocycles. The summed E-state index contributed by atoms with van der Waals surface area (Å²) in [5, 5.41) is 0. The number of rotatable bonds is 1. The molecule has 5 aliphatic carbocycles. The molecule has 4 saturated carbocycles. The molecule has 4 bridgehead atoms. The monoisotopic (exact) mass is 257 g/mol. The van der Waals surface area contributed by atoms with Crippen LogP contribution in [0.3, 0.4) is 0 Å². The van der Waals surface area contributed by atoms with E-state index in [1.54, 1.807) is 0 Å². The van der Waals surface area contributed by atoms with E-state index >= 15 is 0 Å². The van der Waals surface area contributed by atoms with Crippen LogP contribution in [0.15, 0.2) is 4.42 Å². The van der Waals surface area contributed by atoms with E-state index in [1.807, 2.05) is 0 Å². The average Bonchev–Trinajstić information content (AvgIpc) is 2.85. The Morgan fingerprint density at radius 2 is 1.58 bits per heavy atom. The molecule has 0 aromatic carbocycles. The molecule has 5 aliphatic rings. The van der Waals surface area contributed by atoms with Gasteiger partial charge in [-0.15, -0.1) is 0 Å². The smallest absolute Gasteiger partial charge is 0.194 e. The summed E-state index contributed by atoms with van der Waals surface area (Å²) in [5.41, 5.74) is 9.74. The van der Waals surface area contributed by atoms with Crippen molar-refractivity contribution in [2.75, 3.05) is 5.73 Å². The van der Waals surface area contributed by atoms with Gasteiger partial charge in [-0.2, -0.15) is 0 Å². The Morgan fingerprint density at radius 3 is 2.21 bits per heavy atom. The van der Waals surface area contributed by atoms with Gasteiger partial charge >= 0.3 is 0 Å². The van der Waals surface area contributed by atoms with Crippen LogP contribution in [0.5, 0.6) is 0 Å². The summed E-state index contributed by atoms with van der Waals surface area (Å²) in [7, 11) is 0. The third-order valence-corrected chi connectivity index (χ3v) is 6.52. The zero-order valence-electron chi connectivity index (χ0n) is 11.6. The van der Waals surface area contributed by atoms with Crippen LogP contribution in [-0.4, -0.2) is 0 Å². The van der Waals surface area contributed by atoms with E-state index in [1.165, 1.54) is 68.3 Å². The third kappa shape index (κ3) is 1.33. The molecule has 0 saturated heterocycles. The second-order valence-electron chi connectivity index (χ2n) is 7.79. The highest BCUT2D eigenvalue weighted by Gasteiger charge is 2.54. The molecule has 102 valence electrons. The van der Waals surface area contributed by atoms with E-state index in [0.717, 1.165) is 30.1 Å². The third-order valence-electron chi connectivity index (χ3n) is 6.52. The van der Waals surface area contributed by atoms with Crippen LogP contribution in [0.1, 0.15) is 61.8 Å². The van der Waals surface area contributed by atoms with Crippen molar-refractivity contribution in [1.82, 2.24) is 0 Å². The van der Waals surface area contributed by atoms with Crippen molar-refractivity contribution in [3.05, 3.63) is 16.9 Å². The Morgan fingerprint density at radius 1 is 0.947 bits per heavy atom. The van der Waals surface area contributed by atoms with Crippen molar-refractivity contribution in [1.29, 1.82) is 0 Å². The number of anilines is 1. The Kier molecular flexibility index (Phi) is 1.93. The van der Waals surface area contributed by atoms with Gasteiger partial charge in [-0.25, -0.2) is 0 Å². The van der Waals surface area contributed by atoms with Crippen molar-refractivity contribution in [2.45, 2.75) is 63.2 Å². The zero-order chi connectivity index (χ0) is 12.6. The number of fused-ring (bicyclic) bond motifs is 1. The highest BCUT2D eigenvalue weighted by atomic mass is 16.4. The molecule has 19 heavy (non-hydrogen) atoms. The minimum absolute atomic E-state index is 0.417. The van der Waals surface area contributed by atoms with Gasteiger partial charge in [0, 0.05) is 17.4 Å². The molecule has 2 heteroatoms. The Bertz CT molecular complexity index is 506. The van der Waals surface area contributed by atoms with E-state index in [9.17, 15) is 0 Å². The zero-order valence-corrected chi connectivity index (χ0v) is 11.6. The maximum absolute atomic E-state index is 6.31. The van der Waals surface area contributed by atoms with E-state index < -0.39 is 0 Å². The van der Waals surface area contributed by atoms with Crippen LogP contribution in [-0.2, 0) is 18.3 Å². The Balaban J connectivity index is 1.66. The van der Waals surface area contributed by atoms with Crippen LogP contribution in [0.25, 0.3) is 0 Å². The summed E-state index contributed by atoms with van der Waals surface area (Å²) >= 11 is 0. The highest BCUT2D eigenvalue weighted by Crippen LogP contribution is 2.62. The van der Waals surface area contributed by atoms with Gasteiger partial charge in [0.25, 0.3) is 0 Å². The molecule has 4 fully saturated rings. The van der Waals surface area contributed by atoms with Gasteiger partial charge in [-0.1, -0.05) is 0 Å². The molecule has 0 aliphatic heterocycles. The summed E-state index contributed by atoms with van der Waals surface area (Å²) in [6.45, 7) is 0. The highest BCUT2D eigenvalue weighted by molar-refractivity contribution is 5.53. The molecule has 0 unspecified atom stereocenters. The van der Waals surface area contributed by atoms with Gasteiger partial charge < -0.3 is 10.2 Å². The van der Waals surface area contributed by atoms with Gasteiger partial charge in [0.1, 0.15) is 5.76 Å². The maximum Gasteiger partial charge on any atom is 0.194 e. The SMILES string of the molecule is Nc1oc2c(c1C13CC4CC(CC(C4)C1)C3)CCC2. The summed E-state index contributed by atoms with van der Waals surface area (Å²) in [6.07, 6.45) is 12.3. The van der Waals surface area contributed by atoms with E-state index in [0.29, 0.717) is 5.41 Å². The second-order valence-corrected chi connectivity index (χ2v) is 7.79. The fourth-order valence-electron chi connectivity index (χ4n) is 6.42. The van der Waals surface area contributed by atoms with Crippen LogP contribution < -0.4 is 5.73 Å². The summed E-state index contributed by atoms with van der Waals surface area (Å²) in [6, 6.07) is 0. The van der Waals surface area contributed by atoms with Crippen molar-refractivity contribution in [3.8, 4) is 0 Å². The predicted molar refractivity (Wildman–Crippen MR) is 75.0 cm³/mol. The van der Waals surface area contributed by atoms with Crippen molar-refractivity contribution >= 4 is 5.88 Å². The fourth-order valence-corrected chi connectivity index (χ4v) is 6.42. The Hall–Kier alpha value is -0.920. The standard InChI is InChI=1S/C17H23NO/c18-16-15(13-2-1-3-14(13)19-16)17-7-10-4-11(8-17)6-12(5-10)9-17/h10-12H,1-9,18H2. The molecular formula is C17H23NO. The lowest BCUT2D eigenvalue weighted by Gasteiger charge is -2.57. The molecular weight excluding hydrogens is 234 g/mol. The molecule has 1 aromatic rings. The van der Waals surface area contributed by atoms with Gasteiger partial charge in [-0.3, -0.25) is 0 Å². The summed E-state index contributed by atoms with van der Waals surface area (Å²) < 4.78 is 5.92. The molecule has 0 radical (unpaired) electrons. The van der Waals surface area contributed by atoms with Crippen molar-refractivity contribution in [3.63, 3.8) is 0 Å². The average molecular weight is 257 g/mol. The number of hydrogen-bond donors (Lipinski definition) is 1. The largest absolute Gasteiger partial charge is 0.445 e. The number of aryl methyl sites for hydroxylation is 1. The van der Waals surface area contributed by atoms with E-state index in [4.69, 9.17) is 10.2 Å². The summed E-state index contributed by atoms with van der Waals surface area (Å²) in [4.78, 5) is 0. The first-order valence-electron chi connectivity index (χ1n) is 8.14. The maximum atomic E-state index is 6.31. The molecule has 0 spiro atoms. The van der Waals surface area contributed by atoms with Crippen LogP contribution in [0.4, 0.5) is 5.88 Å². The lowest BCUT2D eigenvalue weighted by molar-refractivity contribution is -0.00531. The van der Waals surface area contributed by atoms with Gasteiger partial charge in [0.05, 0.1) is 0 Å². The van der Waals surface area contributed by atoms with Crippen molar-refractivity contribution in [2.24, 2.45) is 17.8 Å². The normalized spacial score (nSPS) is 42.8. The molecule has 6 rings (SSSR count). The molecule has 2 N–H and O–H groups in total. The molecule has 0 atom stereocenters. The lowest BCUT2D eigenvalue weighted by Crippen LogP contribution is -2.49. The second kappa shape index (κ2) is 3.39. The first kappa shape index (κ1) is 10.8. The predicted octanol–water partition coefficient (Wildman–Crippen LogP) is 3.82. The number of nitrogens with two attached hydrogens (primary N) is 1. The molecule has 0 amide bonds. The van der Waals surface area contributed by atoms with Gasteiger partial charge in [0.15, 0.2) is 5.88 Å². The first-order valence-corrected chi connectivity index (χ1v) is 8.14. The first-order chi connectivity index (χ1) is 9.23. The minimum Gasteiger partial charge on any atom is -0.445 e. The number of furan rings is 1. The van der Waals surface area contributed by atoms with Gasteiger partial charge in [-0.05, 0) is 74.7 Å². The van der Waals surface area contributed by atoms with Gasteiger partial charge in [0.2, 0.25) is 0 Å². The quantitative estimate of drug-likeness (QED) is 0.830. The number of nitrogen functional groups attached to an aromatic ring is 1. The lowest BCUT2D eigenvalue weighted by atomic mass is 9.48. The minimum atomic E-state index is 0.417. The molecule has 1 aromatic heterocycles. The Labute approximate surface area is 114 Å². The van der Waals surface area contributed by atoms with E-state index in [2.05, 4.69) is 0 Å².